The fraction of sp³-hybridized carbons (Fsp3) is 0.200. The van der Waals surface area contributed by atoms with Gasteiger partial charge < -0.3 is 20.5 Å². The zero-order valence-electron chi connectivity index (χ0n) is 16.8. The van der Waals surface area contributed by atoms with Crippen molar-refractivity contribution < 1.29 is 14.3 Å². The molecule has 1 saturated carbocycles. The van der Waals surface area contributed by atoms with Crippen LogP contribution in [0.25, 0.3) is 11.1 Å². The Morgan fingerprint density at radius 2 is 1.71 bits per heavy atom. The standard InChI is InChI=1S/C25H21N3O3/c26-24-28-25(14-30-24)19-12-16(15-4-2-1-3-5-15)6-10-21(19)31-22-11-7-17(13-20(22)25)23(29)27-18-8-9-18/h1-7,10-13,18H,8-9,14H2,(H2,26,28)(H,27,29)/t25-/m1/s1. The first-order chi connectivity index (χ1) is 15.1. The van der Waals surface area contributed by atoms with Gasteiger partial charge in [0.25, 0.3) is 11.9 Å². The number of hydrogen-bond acceptors (Lipinski definition) is 5. The summed E-state index contributed by atoms with van der Waals surface area (Å²) in [5.74, 6) is 1.29. The number of amides is 1. The van der Waals surface area contributed by atoms with Crippen LogP contribution in [0.4, 0.5) is 0 Å². The van der Waals surface area contributed by atoms with Crippen molar-refractivity contribution in [2.45, 2.75) is 24.4 Å². The van der Waals surface area contributed by atoms with E-state index < -0.39 is 5.54 Å². The van der Waals surface area contributed by atoms with Crippen molar-refractivity contribution in [2.75, 3.05) is 6.61 Å². The van der Waals surface area contributed by atoms with Gasteiger partial charge in [0.05, 0.1) is 0 Å². The number of nitrogens with one attached hydrogen (secondary N) is 1. The molecule has 1 atom stereocenters. The highest BCUT2D eigenvalue weighted by Crippen LogP contribution is 2.51. The summed E-state index contributed by atoms with van der Waals surface area (Å²) in [5, 5.41) is 3.04. The molecule has 31 heavy (non-hydrogen) atoms. The third-order valence-electron chi connectivity index (χ3n) is 6.08. The molecule has 6 nitrogen and oxygen atoms in total. The maximum Gasteiger partial charge on any atom is 0.283 e. The van der Waals surface area contributed by atoms with Crippen molar-refractivity contribution in [2.24, 2.45) is 10.7 Å². The number of carbonyl (C=O) groups excluding carboxylic acids is 1. The van der Waals surface area contributed by atoms with E-state index in [4.69, 9.17) is 20.2 Å². The maximum absolute atomic E-state index is 12.7. The van der Waals surface area contributed by atoms with E-state index in [0.29, 0.717) is 17.1 Å². The van der Waals surface area contributed by atoms with Crippen molar-refractivity contribution in [3.05, 3.63) is 83.4 Å². The topological polar surface area (TPSA) is 85.9 Å². The van der Waals surface area contributed by atoms with Gasteiger partial charge in [-0.25, -0.2) is 4.99 Å². The zero-order valence-corrected chi connectivity index (χ0v) is 16.8. The van der Waals surface area contributed by atoms with Crippen LogP contribution in [0.2, 0.25) is 0 Å². The van der Waals surface area contributed by atoms with Gasteiger partial charge in [0.1, 0.15) is 18.1 Å². The summed E-state index contributed by atoms with van der Waals surface area (Å²) in [5.41, 5.74) is 9.52. The quantitative estimate of drug-likeness (QED) is 0.684. The SMILES string of the molecule is NC1=N[C@@]2(CO1)c1cc(C(=O)NC3CC3)ccc1Oc1ccc(-c3ccccc3)cc12. The molecule has 154 valence electrons. The van der Waals surface area contributed by atoms with Crippen molar-refractivity contribution in [1.82, 2.24) is 5.32 Å². The molecule has 3 aromatic rings. The lowest BCUT2D eigenvalue weighted by molar-refractivity contribution is 0.0950. The Balaban J connectivity index is 1.50. The minimum Gasteiger partial charge on any atom is -0.462 e. The summed E-state index contributed by atoms with van der Waals surface area (Å²) in [6.45, 7) is 0.258. The molecular weight excluding hydrogens is 390 g/mol. The smallest absolute Gasteiger partial charge is 0.283 e. The van der Waals surface area contributed by atoms with Gasteiger partial charge in [-0.1, -0.05) is 36.4 Å². The minimum absolute atomic E-state index is 0.0832. The summed E-state index contributed by atoms with van der Waals surface area (Å²) in [4.78, 5) is 17.4. The summed E-state index contributed by atoms with van der Waals surface area (Å²) in [6.07, 6.45) is 2.07. The van der Waals surface area contributed by atoms with Crippen molar-refractivity contribution in [3.63, 3.8) is 0 Å². The van der Waals surface area contributed by atoms with Crippen LogP contribution in [0.3, 0.4) is 0 Å². The molecule has 2 aliphatic heterocycles. The van der Waals surface area contributed by atoms with E-state index in [0.717, 1.165) is 35.1 Å². The Morgan fingerprint density at radius 1 is 0.968 bits per heavy atom. The lowest BCUT2D eigenvalue weighted by Crippen LogP contribution is -2.32. The third-order valence-corrected chi connectivity index (χ3v) is 6.08. The first-order valence-electron chi connectivity index (χ1n) is 10.4. The number of amidine groups is 1. The normalized spacial score (nSPS) is 20.8. The number of hydrogen-bond donors (Lipinski definition) is 2. The molecule has 6 rings (SSSR count). The average molecular weight is 411 g/mol. The molecule has 0 unspecified atom stereocenters. The highest BCUT2D eigenvalue weighted by Gasteiger charge is 2.47. The summed E-state index contributed by atoms with van der Waals surface area (Å²) >= 11 is 0. The molecule has 0 bridgehead atoms. The molecule has 3 aliphatic rings. The second-order valence-corrected chi connectivity index (χ2v) is 8.24. The number of rotatable bonds is 3. The second-order valence-electron chi connectivity index (χ2n) is 8.24. The van der Waals surface area contributed by atoms with Gasteiger partial charge in [0.15, 0.2) is 5.54 Å². The number of ether oxygens (including phenoxy) is 2. The van der Waals surface area contributed by atoms with Gasteiger partial charge in [-0.05, 0) is 54.3 Å². The number of carbonyl (C=O) groups is 1. The number of nitrogens with zero attached hydrogens (tertiary/aromatic N) is 1. The molecule has 6 heteroatoms. The van der Waals surface area contributed by atoms with Gasteiger partial charge in [0, 0.05) is 22.7 Å². The number of nitrogens with two attached hydrogens (primary N) is 1. The molecule has 3 N–H and O–H groups in total. The Morgan fingerprint density at radius 3 is 2.42 bits per heavy atom. The predicted octanol–water partition coefficient (Wildman–Crippen LogP) is 3.94. The number of fused-ring (bicyclic) bond motifs is 4. The van der Waals surface area contributed by atoms with Crippen molar-refractivity contribution >= 4 is 11.9 Å². The van der Waals surface area contributed by atoms with E-state index in [1.807, 2.05) is 42.5 Å². The van der Waals surface area contributed by atoms with Gasteiger partial charge in [-0.2, -0.15) is 0 Å². The van der Waals surface area contributed by atoms with E-state index >= 15 is 0 Å². The maximum atomic E-state index is 12.7. The van der Waals surface area contributed by atoms with Crippen LogP contribution in [0.1, 0.15) is 34.3 Å². The molecule has 0 saturated heterocycles. The Bertz CT molecular complexity index is 1230. The van der Waals surface area contributed by atoms with Gasteiger partial charge >= 0.3 is 0 Å². The fourth-order valence-electron chi connectivity index (χ4n) is 4.30. The Hall–Kier alpha value is -3.80. The van der Waals surface area contributed by atoms with Crippen LogP contribution in [0, 0.1) is 0 Å². The van der Waals surface area contributed by atoms with E-state index in [1.165, 1.54) is 0 Å². The van der Waals surface area contributed by atoms with Crippen molar-refractivity contribution in [3.8, 4) is 22.6 Å². The molecular formula is C25H21N3O3. The lowest BCUT2D eigenvalue weighted by Gasteiger charge is -2.34. The number of aliphatic imine (C=N–C) groups is 1. The second kappa shape index (κ2) is 6.60. The van der Waals surface area contributed by atoms with Crippen LogP contribution in [-0.4, -0.2) is 24.6 Å². The summed E-state index contributed by atoms with van der Waals surface area (Å²) in [7, 11) is 0. The van der Waals surface area contributed by atoms with Crippen LogP contribution in [-0.2, 0) is 10.3 Å². The average Bonchev–Trinajstić information content (AvgIpc) is 3.53. The van der Waals surface area contributed by atoms with Crippen LogP contribution < -0.4 is 15.8 Å². The Labute approximate surface area is 179 Å². The zero-order chi connectivity index (χ0) is 21.0. The number of benzene rings is 3. The molecule has 1 fully saturated rings. The molecule has 0 radical (unpaired) electrons. The molecule has 2 heterocycles. The van der Waals surface area contributed by atoms with Gasteiger partial charge in [0.2, 0.25) is 0 Å². The molecule has 3 aromatic carbocycles. The first-order valence-corrected chi connectivity index (χ1v) is 10.4. The highest BCUT2D eigenvalue weighted by molar-refractivity contribution is 5.95. The lowest BCUT2D eigenvalue weighted by atomic mass is 9.79. The Kier molecular flexibility index (Phi) is 3.84. The van der Waals surface area contributed by atoms with E-state index in [2.05, 4.69) is 23.5 Å². The summed E-state index contributed by atoms with van der Waals surface area (Å²) in [6, 6.07) is 22.1. The van der Waals surface area contributed by atoms with Crippen molar-refractivity contribution in [1.29, 1.82) is 0 Å². The molecule has 1 amide bonds. The van der Waals surface area contributed by atoms with E-state index in [9.17, 15) is 4.79 Å². The van der Waals surface area contributed by atoms with Crippen LogP contribution in [0.15, 0.2) is 71.7 Å². The van der Waals surface area contributed by atoms with Crippen LogP contribution >= 0.6 is 0 Å². The fourth-order valence-corrected chi connectivity index (χ4v) is 4.30. The van der Waals surface area contributed by atoms with Gasteiger partial charge in [-0.3, -0.25) is 4.79 Å². The highest BCUT2D eigenvalue weighted by atomic mass is 16.5. The van der Waals surface area contributed by atoms with E-state index in [-0.39, 0.29) is 24.6 Å². The third kappa shape index (κ3) is 2.94. The minimum atomic E-state index is -0.854. The molecule has 1 aliphatic carbocycles. The molecule has 0 aromatic heterocycles. The first kappa shape index (κ1) is 18.0. The summed E-state index contributed by atoms with van der Waals surface area (Å²) < 4.78 is 11.9. The van der Waals surface area contributed by atoms with E-state index in [1.54, 1.807) is 6.07 Å². The van der Waals surface area contributed by atoms with Gasteiger partial charge in [-0.15, -0.1) is 0 Å². The monoisotopic (exact) mass is 411 g/mol. The molecule has 1 spiro atoms. The van der Waals surface area contributed by atoms with Crippen LogP contribution in [0.5, 0.6) is 11.5 Å². The predicted molar refractivity (Wildman–Crippen MR) is 117 cm³/mol. The largest absolute Gasteiger partial charge is 0.462 e.